The van der Waals surface area contributed by atoms with Crippen LogP contribution in [0.15, 0.2) is 42.5 Å². The summed E-state index contributed by atoms with van der Waals surface area (Å²) in [5, 5.41) is 0. The van der Waals surface area contributed by atoms with Crippen molar-refractivity contribution in [1.29, 1.82) is 0 Å². The molecule has 0 aliphatic heterocycles. The molecule has 2 aromatic carbocycles. The fraction of sp³-hybridized carbons (Fsp3) is 0.435. The van der Waals surface area contributed by atoms with Gasteiger partial charge in [0.1, 0.15) is 5.82 Å². The minimum Gasteiger partial charge on any atom is -0.294 e. The monoisotopic (exact) mass is 394 g/mol. The highest BCUT2D eigenvalue weighted by molar-refractivity contribution is 5.96. The van der Waals surface area contributed by atoms with Crippen molar-refractivity contribution in [1.82, 2.24) is 0 Å². The van der Waals surface area contributed by atoms with Crippen molar-refractivity contribution in [3.63, 3.8) is 0 Å². The predicted molar refractivity (Wildman–Crippen MR) is 103 cm³/mol. The second-order valence-electron chi connectivity index (χ2n) is 7.09. The summed E-state index contributed by atoms with van der Waals surface area (Å²) in [6.45, 7) is 4.21. The molecule has 0 N–H and O–H groups in total. The molecule has 2 aromatic rings. The van der Waals surface area contributed by atoms with Crippen molar-refractivity contribution in [3.05, 3.63) is 70.5 Å². The topological polar surface area (TPSA) is 17.1 Å². The maximum Gasteiger partial charge on any atom is 0.419 e. The molecule has 0 aromatic heterocycles. The molecule has 0 aliphatic rings. The summed E-state index contributed by atoms with van der Waals surface area (Å²) in [5.74, 6) is -1.42. The molecule has 28 heavy (non-hydrogen) atoms. The van der Waals surface area contributed by atoms with Gasteiger partial charge in [0.05, 0.1) is 5.56 Å². The summed E-state index contributed by atoms with van der Waals surface area (Å²) >= 11 is 0. The standard InChI is InChI=1S/C23H26F4O/c1-3-7-17(18-10-5-8-16(4-2)14-18)9-6-11-22(28)19-12-13-21(24)20(15-19)23(25,26)27/h5,8,10,12-15,17H,3-4,6-7,9,11H2,1-2H3. The van der Waals surface area contributed by atoms with Crippen LogP contribution in [0, 0.1) is 5.82 Å². The quantitative estimate of drug-likeness (QED) is 0.321. The molecule has 5 heteroatoms. The number of benzene rings is 2. The summed E-state index contributed by atoms with van der Waals surface area (Å²) in [6, 6.07) is 10.9. The third-order valence-corrected chi connectivity index (χ3v) is 5.02. The Morgan fingerprint density at radius 2 is 1.79 bits per heavy atom. The van der Waals surface area contributed by atoms with Crippen molar-refractivity contribution in [2.24, 2.45) is 0 Å². The molecule has 0 fully saturated rings. The molecule has 0 radical (unpaired) electrons. The molecule has 0 heterocycles. The maximum atomic E-state index is 13.4. The summed E-state index contributed by atoms with van der Waals surface area (Å²) in [5.41, 5.74) is 1.03. The molecule has 1 nitrogen and oxygen atoms in total. The summed E-state index contributed by atoms with van der Waals surface area (Å²) in [4.78, 5) is 12.3. The number of hydrogen-bond donors (Lipinski definition) is 0. The van der Waals surface area contributed by atoms with E-state index in [0.29, 0.717) is 24.5 Å². The molecule has 2 rings (SSSR count). The highest BCUT2D eigenvalue weighted by atomic mass is 19.4. The molecule has 152 valence electrons. The molecular formula is C23H26F4O. The van der Waals surface area contributed by atoms with Gasteiger partial charge >= 0.3 is 6.18 Å². The zero-order valence-corrected chi connectivity index (χ0v) is 16.3. The maximum absolute atomic E-state index is 13.4. The molecule has 0 saturated carbocycles. The van der Waals surface area contributed by atoms with Crippen molar-refractivity contribution in [2.45, 2.75) is 64.5 Å². The number of ketones is 1. The first-order valence-electron chi connectivity index (χ1n) is 9.75. The van der Waals surface area contributed by atoms with Crippen LogP contribution in [0.1, 0.15) is 78.9 Å². The predicted octanol–water partition coefficient (Wildman–Crippen LogP) is 7.34. The average molecular weight is 394 g/mol. The zero-order chi connectivity index (χ0) is 20.7. The van der Waals surface area contributed by atoms with Crippen molar-refractivity contribution in [2.75, 3.05) is 0 Å². The van der Waals surface area contributed by atoms with Gasteiger partial charge in [0.15, 0.2) is 5.78 Å². The summed E-state index contributed by atoms with van der Waals surface area (Å²) in [6.07, 6.45) is -0.318. The fourth-order valence-electron chi connectivity index (χ4n) is 3.46. The number of alkyl halides is 3. The van der Waals surface area contributed by atoms with Gasteiger partial charge in [-0.05, 0) is 60.9 Å². The van der Waals surface area contributed by atoms with Gasteiger partial charge in [-0.2, -0.15) is 13.2 Å². The Balaban J connectivity index is 2.03. The molecule has 0 saturated heterocycles. The van der Waals surface area contributed by atoms with E-state index in [4.69, 9.17) is 0 Å². The SMILES string of the molecule is CCCC(CCCC(=O)c1ccc(F)c(C(F)(F)F)c1)c1cccc(CC)c1. The van der Waals surface area contributed by atoms with E-state index in [-0.39, 0.29) is 17.8 Å². The smallest absolute Gasteiger partial charge is 0.294 e. The van der Waals surface area contributed by atoms with Crippen LogP contribution >= 0.6 is 0 Å². The van der Waals surface area contributed by atoms with Crippen LogP contribution in [0.4, 0.5) is 17.6 Å². The van der Waals surface area contributed by atoms with Crippen LogP contribution < -0.4 is 0 Å². The largest absolute Gasteiger partial charge is 0.419 e. The Hall–Kier alpha value is -2.17. The molecule has 1 unspecified atom stereocenters. The lowest BCUT2D eigenvalue weighted by molar-refractivity contribution is -0.140. The van der Waals surface area contributed by atoms with Gasteiger partial charge in [-0.3, -0.25) is 4.79 Å². The number of hydrogen-bond acceptors (Lipinski definition) is 1. The van der Waals surface area contributed by atoms with Crippen molar-refractivity contribution < 1.29 is 22.4 Å². The molecule has 0 amide bonds. The Kier molecular flexibility index (Phi) is 7.78. The summed E-state index contributed by atoms with van der Waals surface area (Å²) < 4.78 is 51.9. The van der Waals surface area contributed by atoms with E-state index >= 15 is 0 Å². The van der Waals surface area contributed by atoms with Crippen molar-refractivity contribution >= 4 is 5.78 Å². The number of Topliss-reactive ketones (excluding diaryl/α,β-unsaturated/α-hetero) is 1. The second kappa shape index (κ2) is 9.85. The lowest BCUT2D eigenvalue weighted by atomic mass is 9.88. The van der Waals surface area contributed by atoms with Crippen LogP contribution in [-0.2, 0) is 12.6 Å². The minimum absolute atomic E-state index is 0.0891. The van der Waals surface area contributed by atoms with Crippen LogP contribution in [0.5, 0.6) is 0 Å². The molecule has 0 bridgehead atoms. The van der Waals surface area contributed by atoms with Gasteiger partial charge in [0, 0.05) is 12.0 Å². The van der Waals surface area contributed by atoms with Gasteiger partial charge < -0.3 is 0 Å². The number of aryl methyl sites for hydroxylation is 1. The second-order valence-corrected chi connectivity index (χ2v) is 7.09. The van der Waals surface area contributed by atoms with E-state index in [1.165, 1.54) is 11.1 Å². The van der Waals surface area contributed by atoms with E-state index in [1.807, 2.05) is 6.07 Å². The van der Waals surface area contributed by atoms with Crippen LogP contribution in [-0.4, -0.2) is 5.78 Å². The van der Waals surface area contributed by atoms with E-state index in [0.717, 1.165) is 31.7 Å². The highest BCUT2D eigenvalue weighted by Crippen LogP contribution is 2.32. The lowest BCUT2D eigenvalue weighted by Crippen LogP contribution is -2.10. The minimum atomic E-state index is -4.81. The van der Waals surface area contributed by atoms with E-state index in [1.54, 1.807) is 0 Å². The number of halogens is 4. The van der Waals surface area contributed by atoms with Gasteiger partial charge in [0.2, 0.25) is 0 Å². The normalized spacial score (nSPS) is 12.8. The van der Waals surface area contributed by atoms with Gasteiger partial charge in [0.25, 0.3) is 0 Å². The third kappa shape index (κ3) is 5.91. The number of carbonyl (C=O) groups is 1. The van der Waals surface area contributed by atoms with Crippen molar-refractivity contribution in [3.8, 4) is 0 Å². The Labute approximate surface area is 163 Å². The van der Waals surface area contributed by atoms with Gasteiger partial charge in [-0.1, -0.05) is 44.5 Å². The Bertz CT molecular complexity index is 795. The number of carbonyl (C=O) groups excluding carboxylic acids is 1. The van der Waals surface area contributed by atoms with E-state index in [9.17, 15) is 22.4 Å². The molecular weight excluding hydrogens is 368 g/mol. The third-order valence-electron chi connectivity index (χ3n) is 5.02. The number of rotatable bonds is 9. The van der Waals surface area contributed by atoms with E-state index in [2.05, 4.69) is 32.0 Å². The molecule has 0 aliphatic carbocycles. The van der Waals surface area contributed by atoms with Gasteiger partial charge in [-0.15, -0.1) is 0 Å². The van der Waals surface area contributed by atoms with Crippen LogP contribution in [0.2, 0.25) is 0 Å². The Morgan fingerprint density at radius 1 is 1.04 bits per heavy atom. The van der Waals surface area contributed by atoms with E-state index < -0.39 is 17.6 Å². The van der Waals surface area contributed by atoms with Crippen LogP contribution in [0.3, 0.4) is 0 Å². The fourth-order valence-corrected chi connectivity index (χ4v) is 3.46. The first kappa shape index (κ1) is 22.1. The van der Waals surface area contributed by atoms with Gasteiger partial charge in [-0.25, -0.2) is 4.39 Å². The lowest BCUT2D eigenvalue weighted by Gasteiger charge is -2.17. The first-order valence-corrected chi connectivity index (χ1v) is 9.75. The summed E-state index contributed by atoms with van der Waals surface area (Å²) in [7, 11) is 0. The van der Waals surface area contributed by atoms with Crippen LogP contribution in [0.25, 0.3) is 0 Å². The average Bonchev–Trinajstić information content (AvgIpc) is 2.66. The zero-order valence-electron chi connectivity index (χ0n) is 16.3. The molecule has 1 atom stereocenters. The first-order chi connectivity index (χ1) is 13.3. The Morgan fingerprint density at radius 3 is 2.43 bits per heavy atom. The molecule has 0 spiro atoms. The highest BCUT2D eigenvalue weighted by Gasteiger charge is 2.34.